The molecule has 0 saturated carbocycles. The van der Waals surface area contributed by atoms with Crippen LogP contribution in [0.1, 0.15) is 77.6 Å². The molecule has 0 spiro atoms. The topological polar surface area (TPSA) is 41.1 Å². The van der Waals surface area contributed by atoms with Gasteiger partial charge in [-0.15, -0.1) is 12.4 Å². The summed E-state index contributed by atoms with van der Waals surface area (Å²) in [6.07, 6.45) is 14.4. The van der Waals surface area contributed by atoms with E-state index < -0.39 is 0 Å². The molecular formula is C16H33ClN2O. The number of nitrogens with one attached hydrogen (secondary N) is 2. The summed E-state index contributed by atoms with van der Waals surface area (Å²) in [7, 11) is 0. The fraction of sp³-hybridized carbons (Fsp3) is 0.938. The van der Waals surface area contributed by atoms with Crippen molar-refractivity contribution in [2.45, 2.75) is 83.6 Å². The van der Waals surface area contributed by atoms with Crippen molar-refractivity contribution in [3.63, 3.8) is 0 Å². The normalized spacial score (nSPS) is 17.1. The van der Waals surface area contributed by atoms with Crippen LogP contribution in [0.15, 0.2) is 0 Å². The third-order valence-corrected chi connectivity index (χ3v) is 3.97. The molecule has 0 radical (unpaired) electrons. The quantitative estimate of drug-likeness (QED) is 0.538. The summed E-state index contributed by atoms with van der Waals surface area (Å²) in [6, 6.07) is 0.100. The number of carbonyl (C=O) groups excluding carboxylic acids is 1. The third-order valence-electron chi connectivity index (χ3n) is 3.97. The summed E-state index contributed by atoms with van der Waals surface area (Å²) in [6.45, 7) is 4.11. The zero-order valence-electron chi connectivity index (χ0n) is 13.1. The van der Waals surface area contributed by atoms with Crippen LogP contribution >= 0.6 is 12.4 Å². The Kier molecular flexibility index (Phi) is 13.5. The summed E-state index contributed by atoms with van der Waals surface area (Å²) in [5.41, 5.74) is 0. The Labute approximate surface area is 131 Å². The van der Waals surface area contributed by atoms with Crippen molar-refractivity contribution >= 4 is 18.3 Å². The lowest BCUT2D eigenvalue weighted by Crippen LogP contribution is -2.53. The van der Waals surface area contributed by atoms with E-state index in [1.807, 2.05) is 0 Å². The Morgan fingerprint density at radius 1 is 1.00 bits per heavy atom. The number of rotatable bonds is 12. The third kappa shape index (κ3) is 9.60. The molecule has 0 bridgehead atoms. The molecule has 120 valence electrons. The highest BCUT2D eigenvalue weighted by atomic mass is 35.5. The molecule has 1 unspecified atom stereocenters. The van der Waals surface area contributed by atoms with Crippen molar-refractivity contribution in [3.05, 3.63) is 0 Å². The van der Waals surface area contributed by atoms with Gasteiger partial charge in [-0.25, -0.2) is 0 Å². The average Bonchev–Trinajstić information content (AvgIpc) is 2.34. The minimum absolute atomic E-state index is 0. The predicted octanol–water partition coefficient (Wildman–Crippen LogP) is 3.81. The Morgan fingerprint density at radius 2 is 1.50 bits per heavy atom. The largest absolute Gasteiger partial charge is 0.355 e. The number of hydrogen-bond acceptors (Lipinski definition) is 2. The standard InChI is InChI=1S/C16H32N2O.ClH/c1-2-3-4-5-6-7-8-9-10-11-13-18-16(19)15-12-14-17-15;/h15,17H,2-14H2,1H3,(H,18,19);1H. The van der Waals surface area contributed by atoms with E-state index in [9.17, 15) is 4.79 Å². The second-order valence-corrected chi connectivity index (χ2v) is 5.77. The van der Waals surface area contributed by atoms with Crippen molar-refractivity contribution in [3.8, 4) is 0 Å². The monoisotopic (exact) mass is 304 g/mol. The first-order chi connectivity index (χ1) is 9.34. The van der Waals surface area contributed by atoms with Gasteiger partial charge >= 0.3 is 0 Å². The molecule has 0 aromatic rings. The van der Waals surface area contributed by atoms with Crippen LogP contribution in [0, 0.1) is 0 Å². The molecular weight excluding hydrogens is 272 g/mol. The second kappa shape index (κ2) is 13.7. The maximum atomic E-state index is 11.5. The lowest BCUT2D eigenvalue weighted by atomic mass is 10.1. The number of hydrogen-bond donors (Lipinski definition) is 2. The molecule has 1 saturated heterocycles. The van der Waals surface area contributed by atoms with Crippen LogP contribution in [-0.4, -0.2) is 25.0 Å². The summed E-state index contributed by atoms with van der Waals surface area (Å²) in [5.74, 6) is 0.196. The van der Waals surface area contributed by atoms with E-state index >= 15 is 0 Å². The number of amides is 1. The van der Waals surface area contributed by atoms with Gasteiger partial charge in [0.05, 0.1) is 6.04 Å². The van der Waals surface area contributed by atoms with Crippen LogP contribution < -0.4 is 10.6 Å². The van der Waals surface area contributed by atoms with Crippen LogP contribution in [0.4, 0.5) is 0 Å². The number of halogens is 1. The molecule has 1 fully saturated rings. The Hall–Kier alpha value is -0.280. The Bertz CT molecular complexity index is 233. The molecule has 0 aromatic carbocycles. The highest BCUT2D eigenvalue weighted by Crippen LogP contribution is 2.10. The van der Waals surface area contributed by atoms with Gasteiger partial charge in [0.25, 0.3) is 0 Å². The molecule has 1 heterocycles. The average molecular weight is 305 g/mol. The van der Waals surface area contributed by atoms with Gasteiger partial charge in [0.15, 0.2) is 0 Å². The Morgan fingerprint density at radius 3 is 1.95 bits per heavy atom. The van der Waals surface area contributed by atoms with E-state index in [2.05, 4.69) is 17.6 Å². The van der Waals surface area contributed by atoms with Gasteiger partial charge in [-0.1, -0.05) is 64.7 Å². The molecule has 0 aromatic heterocycles. The SMILES string of the molecule is CCCCCCCCCCCCNC(=O)C1CCN1.Cl. The van der Waals surface area contributed by atoms with Crippen molar-refractivity contribution in [2.75, 3.05) is 13.1 Å². The predicted molar refractivity (Wildman–Crippen MR) is 88.5 cm³/mol. The van der Waals surface area contributed by atoms with E-state index in [0.717, 1.165) is 25.9 Å². The van der Waals surface area contributed by atoms with E-state index in [0.29, 0.717) is 0 Å². The van der Waals surface area contributed by atoms with E-state index in [4.69, 9.17) is 0 Å². The van der Waals surface area contributed by atoms with Crippen LogP contribution in [0.3, 0.4) is 0 Å². The van der Waals surface area contributed by atoms with Gasteiger partial charge in [-0.05, 0) is 19.4 Å². The lowest BCUT2D eigenvalue weighted by Gasteiger charge is -2.26. The molecule has 1 aliphatic rings. The molecule has 3 nitrogen and oxygen atoms in total. The second-order valence-electron chi connectivity index (χ2n) is 5.77. The van der Waals surface area contributed by atoms with Gasteiger partial charge in [0.1, 0.15) is 0 Å². The summed E-state index contributed by atoms with van der Waals surface area (Å²) >= 11 is 0. The van der Waals surface area contributed by atoms with Crippen LogP contribution in [0.5, 0.6) is 0 Å². The number of unbranched alkanes of at least 4 members (excludes halogenated alkanes) is 9. The van der Waals surface area contributed by atoms with E-state index in [1.165, 1.54) is 57.8 Å². The molecule has 0 aliphatic carbocycles. The smallest absolute Gasteiger partial charge is 0.237 e. The lowest BCUT2D eigenvalue weighted by molar-refractivity contribution is -0.124. The molecule has 1 atom stereocenters. The fourth-order valence-electron chi connectivity index (χ4n) is 2.46. The zero-order chi connectivity index (χ0) is 13.8. The van der Waals surface area contributed by atoms with Gasteiger partial charge < -0.3 is 10.6 Å². The molecule has 1 amide bonds. The first-order valence-corrected chi connectivity index (χ1v) is 8.35. The minimum atomic E-state index is 0. The molecule has 4 heteroatoms. The Balaban J connectivity index is 0.00000361. The molecule has 1 rings (SSSR count). The maximum absolute atomic E-state index is 11.5. The van der Waals surface area contributed by atoms with Crippen molar-refractivity contribution in [2.24, 2.45) is 0 Å². The highest BCUT2D eigenvalue weighted by Gasteiger charge is 2.23. The zero-order valence-corrected chi connectivity index (χ0v) is 13.9. The van der Waals surface area contributed by atoms with Crippen LogP contribution in [0.25, 0.3) is 0 Å². The van der Waals surface area contributed by atoms with Crippen LogP contribution in [-0.2, 0) is 4.79 Å². The molecule has 1 aliphatic heterocycles. The van der Waals surface area contributed by atoms with Crippen LogP contribution in [0.2, 0.25) is 0 Å². The summed E-state index contributed by atoms with van der Waals surface area (Å²) in [4.78, 5) is 11.5. The van der Waals surface area contributed by atoms with E-state index in [-0.39, 0.29) is 24.4 Å². The van der Waals surface area contributed by atoms with Gasteiger partial charge in [0, 0.05) is 6.54 Å². The van der Waals surface area contributed by atoms with Gasteiger partial charge in [-0.2, -0.15) is 0 Å². The van der Waals surface area contributed by atoms with Gasteiger partial charge in [-0.3, -0.25) is 4.79 Å². The first-order valence-electron chi connectivity index (χ1n) is 8.35. The van der Waals surface area contributed by atoms with Crippen molar-refractivity contribution in [1.29, 1.82) is 0 Å². The first kappa shape index (κ1) is 19.7. The highest BCUT2D eigenvalue weighted by molar-refractivity contribution is 5.85. The number of carbonyl (C=O) groups is 1. The molecule has 2 N–H and O–H groups in total. The molecule has 20 heavy (non-hydrogen) atoms. The fourth-order valence-corrected chi connectivity index (χ4v) is 2.46. The van der Waals surface area contributed by atoms with Gasteiger partial charge in [0.2, 0.25) is 5.91 Å². The van der Waals surface area contributed by atoms with Crippen molar-refractivity contribution < 1.29 is 4.79 Å². The maximum Gasteiger partial charge on any atom is 0.237 e. The van der Waals surface area contributed by atoms with E-state index in [1.54, 1.807) is 0 Å². The summed E-state index contributed by atoms with van der Waals surface area (Å²) in [5, 5.41) is 6.13. The summed E-state index contributed by atoms with van der Waals surface area (Å²) < 4.78 is 0. The van der Waals surface area contributed by atoms with Crippen molar-refractivity contribution in [1.82, 2.24) is 10.6 Å². The minimum Gasteiger partial charge on any atom is -0.355 e.